The van der Waals surface area contributed by atoms with Crippen molar-refractivity contribution in [3.05, 3.63) is 28.2 Å². The normalized spacial score (nSPS) is 28.2. The van der Waals surface area contributed by atoms with Crippen molar-refractivity contribution >= 4 is 21.6 Å². The minimum absolute atomic E-state index is 0.338. The maximum absolute atomic E-state index is 14.2. The number of fused-ring (bicyclic) bond motifs is 2. The maximum Gasteiger partial charge on any atom is 0.149 e. The monoisotopic (exact) mass is 358 g/mol. The molecule has 21 heavy (non-hydrogen) atoms. The van der Waals surface area contributed by atoms with E-state index in [1.807, 2.05) is 0 Å². The van der Waals surface area contributed by atoms with E-state index in [0.717, 1.165) is 44.7 Å². The highest BCUT2D eigenvalue weighted by Crippen LogP contribution is 2.41. The standard InChI is InChI=1S/C16H21BrF2N2/c1-2-5-20-10-6-11-3-4-12(7-10)21(11)16-8-13(17)14(18)9-15(16)19/h8-12,20H,2-7H2,1H3. The Balaban J connectivity index is 1.81. The van der Waals surface area contributed by atoms with Crippen molar-refractivity contribution < 1.29 is 8.78 Å². The number of benzene rings is 1. The van der Waals surface area contributed by atoms with Gasteiger partial charge in [-0.2, -0.15) is 0 Å². The van der Waals surface area contributed by atoms with Crippen LogP contribution in [0.25, 0.3) is 0 Å². The number of hydrogen-bond donors (Lipinski definition) is 1. The highest BCUT2D eigenvalue weighted by molar-refractivity contribution is 9.10. The second kappa shape index (κ2) is 6.21. The van der Waals surface area contributed by atoms with Crippen molar-refractivity contribution in [2.45, 2.75) is 57.2 Å². The lowest BCUT2D eigenvalue weighted by Crippen LogP contribution is -2.49. The van der Waals surface area contributed by atoms with Gasteiger partial charge < -0.3 is 10.2 Å². The van der Waals surface area contributed by atoms with E-state index in [-0.39, 0.29) is 0 Å². The first kappa shape index (κ1) is 15.2. The molecule has 2 bridgehead atoms. The zero-order valence-corrected chi connectivity index (χ0v) is 13.8. The fraction of sp³-hybridized carbons (Fsp3) is 0.625. The maximum atomic E-state index is 14.2. The molecule has 1 N–H and O–H groups in total. The van der Waals surface area contributed by atoms with Gasteiger partial charge in [0, 0.05) is 24.2 Å². The predicted molar refractivity (Wildman–Crippen MR) is 84.7 cm³/mol. The zero-order valence-electron chi connectivity index (χ0n) is 12.2. The summed E-state index contributed by atoms with van der Waals surface area (Å²) in [4.78, 5) is 2.18. The van der Waals surface area contributed by atoms with Crippen molar-refractivity contribution in [3.63, 3.8) is 0 Å². The van der Waals surface area contributed by atoms with Crippen LogP contribution in [0.1, 0.15) is 39.0 Å². The third-order valence-corrected chi connectivity index (χ3v) is 5.29. The summed E-state index contributed by atoms with van der Waals surface area (Å²) in [6.07, 6.45) is 5.43. The van der Waals surface area contributed by atoms with Gasteiger partial charge in [0.2, 0.25) is 0 Å². The highest BCUT2D eigenvalue weighted by atomic mass is 79.9. The molecule has 0 amide bonds. The lowest BCUT2D eigenvalue weighted by Gasteiger charge is -2.41. The second-order valence-electron chi connectivity index (χ2n) is 6.13. The third kappa shape index (κ3) is 2.95. The summed E-state index contributed by atoms with van der Waals surface area (Å²) in [6, 6.07) is 3.84. The molecule has 0 aliphatic carbocycles. The average molecular weight is 359 g/mol. The lowest BCUT2D eigenvalue weighted by molar-refractivity contribution is 0.354. The minimum Gasteiger partial charge on any atom is -0.363 e. The number of rotatable bonds is 4. The van der Waals surface area contributed by atoms with Crippen LogP contribution >= 0.6 is 15.9 Å². The Bertz CT molecular complexity index is 509. The molecular weight excluding hydrogens is 338 g/mol. The molecular formula is C16H21BrF2N2. The summed E-state index contributed by atoms with van der Waals surface area (Å²) in [6.45, 7) is 3.21. The van der Waals surface area contributed by atoms with Gasteiger partial charge in [-0.25, -0.2) is 8.78 Å². The van der Waals surface area contributed by atoms with E-state index in [2.05, 4.69) is 33.1 Å². The Hall–Kier alpha value is -0.680. The van der Waals surface area contributed by atoms with Crippen LogP contribution < -0.4 is 10.2 Å². The van der Waals surface area contributed by atoms with Crippen LogP contribution in [0.15, 0.2) is 16.6 Å². The summed E-state index contributed by atoms with van der Waals surface area (Å²) < 4.78 is 27.9. The molecule has 1 aromatic carbocycles. The van der Waals surface area contributed by atoms with Crippen molar-refractivity contribution in [1.82, 2.24) is 5.32 Å². The van der Waals surface area contributed by atoms with Crippen LogP contribution in [0.2, 0.25) is 0 Å². The van der Waals surface area contributed by atoms with E-state index in [4.69, 9.17) is 0 Å². The molecule has 2 heterocycles. The third-order valence-electron chi connectivity index (χ3n) is 4.68. The van der Waals surface area contributed by atoms with E-state index in [9.17, 15) is 8.78 Å². The summed E-state index contributed by atoms with van der Waals surface area (Å²) >= 11 is 3.17. The van der Waals surface area contributed by atoms with Crippen molar-refractivity contribution in [2.24, 2.45) is 0 Å². The van der Waals surface area contributed by atoms with Gasteiger partial charge in [0.15, 0.2) is 0 Å². The first-order valence-corrected chi connectivity index (χ1v) is 8.55. The molecule has 116 valence electrons. The van der Waals surface area contributed by atoms with Gasteiger partial charge in [0.1, 0.15) is 11.6 Å². The summed E-state index contributed by atoms with van der Waals surface area (Å²) in [7, 11) is 0. The van der Waals surface area contributed by atoms with Gasteiger partial charge in [-0.3, -0.25) is 0 Å². The molecule has 0 aromatic heterocycles. The Morgan fingerprint density at radius 1 is 1.19 bits per heavy atom. The van der Waals surface area contributed by atoms with E-state index in [1.165, 1.54) is 0 Å². The summed E-state index contributed by atoms with van der Waals surface area (Å²) in [5, 5.41) is 3.59. The summed E-state index contributed by atoms with van der Waals surface area (Å²) in [5.41, 5.74) is 0.546. The molecule has 3 rings (SSSR count). The molecule has 2 nitrogen and oxygen atoms in total. The van der Waals surface area contributed by atoms with Gasteiger partial charge in [0.25, 0.3) is 0 Å². The van der Waals surface area contributed by atoms with E-state index < -0.39 is 11.6 Å². The SMILES string of the molecule is CCCNC1CC2CCC(C1)N2c1cc(Br)c(F)cc1F. The fourth-order valence-electron chi connectivity index (χ4n) is 3.80. The molecule has 2 aliphatic heterocycles. The van der Waals surface area contributed by atoms with Gasteiger partial charge in [0.05, 0.1) is 10.2 Å². The molecule has 2 saturated heterocycles. The molecule has 2 unspecified atom stereocenters. The van der Waals surface area contributed by atoms with Crippen LogP contribution in [0.5, 0.6) is 0 Å². The molecule has 5 heteroatoms. The average Bonchev–Trinajstić information content (AvgIpc) is 2.71. The highest BCUT2D eigenvalue weighted by Gasteiger charge is 2.41. The van der Waals surface area contributed by atoms with Crippen LogP contribution in [0, 0.1) is 11.6 Å². The quantitative estimate of drug-likeness (QED) is 0.810. The van der Waals surface area contributed by atoms with Gasteiger partial charge in [-0.05, 0) is 60.6 Å². The van der Waals surface area contributed by atoms with Crippen molar-refractivity contribution in [1.29, 1.82) is 0 Å². The molecule has 0 radical (unpaired) electrons. The lowest BCUT2D eigenvalue weighted by atomic mass is 9.96. The number of nitrogens with zero attached hydrogens (tertiary/aromatic N) is 1. The first-order chi connectivity index (χ1) is 10.1. The number of nitrogens with one attached hydrogen (secondary N) is 1. The number of halogens is 3. The molecule has 2 atom stereocenters. The Labute approximate surface area is 133 Å². The number of hydrogen-bond acceptors (Lipinski definition) is 2. The second-order valence-corrected chi connectivity index (χ2v) is 6.99. The number of piperidine rings is 1. The van der Waals surface area contributed by atoms with Crippen LogP contribution in [0.4, 0.5) is 14.5 Å². The van der Waals surface area contributed by atoms with Gasteiger partial charge >= 0.3 is 0 Å². The van der Waals surface area contributed by atoms with Gasteiger partial charge in [-0.15, -0.1) is 0 Å². The van der Waals surface area contributed by atoms with Gasteiger partial charge in [-0.1, -0.05) is 6.92 Å². The first-order valence-electron chi connectivity index (χ1n) is 7.76. The molecule has 0 spiro atoms. The van der Waals surface area contributed by atoms with Crippen molar-refractivity contribution in [2.75, 3.05) is 11.4 Å². The minimum atomic E-state index is -0.539. The van der Waals surface area contributed by atoms with Crippen molar-refractivity contribution in [3.8, 4) is 0 Å². The van der Waals surface area contributed by atoms with Crippen LogP contribution in [-0.2, 0) is 0 Å². The topological polar surface area (TPSA) is 15.3 Å². The van der Waals surface area contributed by atoms with E-state index in [0.29, 0.717) is 28.3 Å². The predicted octanol–water partition coefficient (Wildman–Crippen LogP) is 4.23. The van der Waals surface area contributed by atoms with E-state index >= 15 is 0 Å². The molecule has 0 saturated carbocycles. The Morgan fingerprint density at radius 3 is 2.48 bits per heavy atom. The Kier molecular flexibility index (Phi) is 4.50. The smallest absolute Gasteiger partial charge is 0.149 e. The largest absolute Gasteiger partial charge is 0.363 e. The van der Waals surface area contributed by atoms with Crippen LogP contribution in [-0.4, -0.2) is 24.7 Å². The summed E-state index contributed by atoms with van der Waals surface area (Å²) in [5.74, 6) is -0.990. The Morgan fingerprint density at radius 2 is 1.86 bits per heavy atom. The van der Waals surface area contributed by atoms with Crippen LogP contribution in [0.3, 0.4) is 0 Å². The fourth-order valence-corrected chi connectivity index (χ4v) is 4.13. The molecule has 2 aliphatic rings. The van der Waals surface area contributed by atoms with E-state index in [1.54, 1.807) is 6.07 Å². The zero-order chi connectivity index (χ0) is 15.0. The molecule has 1 aromatic rings. The molecule has 2 fully saturated rings. The number of anilines is 1.